The van der Waals surface area contributed by atoms with Gasteiger partial charge >= 0.3 is 5.97 Å². The smallest absolute Gasteiger partial charge is 0.321 e. The van der Waals surface area contributed by atoms with Crippen LogP contribution in [0.3, 0.4) is 0 Å². The SMILES string of the molecule is CCCCCCCCCCCCCCCCCCCCS(=O)(=O)C(C)C(=O)O. The second-order valence-corrected chi connectivity index (χ2v) is 10.8. The van der Waals surface area contributed by atoms with E-state index in [-0.39, 0.29) is 5.75 Å². The third kappa shape index (κ3) is 16.4. The first-order valence-electron chi connectivity index (χ1n) is 11.9. The van der Waals surface area contributed by atoms with E-state index in [1.807, 2.05) is 0 Å². The number of rotatable bonds is 21. The van der Waals surface area contributed by atoms with E-state index in [1.54, 1.807) is 0 Å². The Labute approximate surface area is 174 Å². The minimum absolute atomic E-state index is 0.000787. The molecule has 0 radical (unpaired) electrons. The fourth-order valence-electron chi connectivity index (χ4n) is 3.54. The van der Waals surface area contributed by atoms with Crippen LogP contribution in [-0.2, 0) is 14.6 Å². The highest BCUT2D eigenvalue weighted by atomic mass is 32.2. The first-order chi connectivity index (χ1) is 13.4. The quantitative estimate of drug-likeness (QED) is 0.205. The highest BCUT2D eigenvalue weighted by Gasteiger charge is 2.26. The molecule has 4 nitrogen and oxygen atoms in total. The van der Waals surface area contributed by atoms with Gasteiger partial charge in [0.1, 0.15) is 0 Å². The number of carboxylic acid groups (broad SMARTS) is 1. The van der Waals surface area contributed by atoms with Crippen molar-refractivity contribution in [1.29, 1.82) is 0 Å². The molecular weight excluding hydrogens is 372 g/mol. The molecule has 0 spiro atoms. The van der Waals surface area contributed by atoms with Gasteiger partial charge in [-0.2, -0.15) is 0 Å². The lowest BCUT2D eigenvalue weighted by molar-refractivity contribution is -0.136. The van der Waals surface area contributed by atoms with Crippen LogP contribution >= 0.6 is 0 Å². The Morgan fingerprint density at radius 3 is 1.21 bits per heavy atom. The van der Waals surface area contributed by atoms with E-state index >= 15 is 0 Å². The molecule has 0 amide bonds. The van der Waals surface area contributed by atoms with E-state index in [9.17, 15) is 13.2 Å². The highest BCUT2D eigenvalue weighted by Crippen LogP contribution is 2.15. The number of aliphatic carboxylic acids is 1. The second kappa shape index (κ2) is 18.4. The second-order valence-electron chi connectivity index (χ2n) is 8.36. The average molecular weight is 419 g/mol. The van der Waals surface area contributed by atoms with Gasteiger partial charge in [0, 0.05) is 0 Å². The van der Waals surface area contributed by atoms with Gasteiger partial charge in [0.2, 0.25) is 0 Å². The summed E-state index contributed by atoms with van der Waals surface area (Å²) in [4.78, 5) is 10.8. The maximum absolute atomic E-state index is 11.8. The molecule has 0 aliphatic heterocycles. The van der Waals surface area contributed by atoms with E-state index in [1.165, 1.54) is 96.8 Å². The van der Waals surface area contributed by atoms with Crippen LogP contribution in [0.15, 0.2) is 0 Å². The molecule has 0 fully saturated rings. The molecule has 1 N–H and O–H groups in total. The minimum atomic E-state index is -3.48. The van der Waals surface area contributed by atoms with Gasteiger partial charge in [0.15, 0.2) is 15.1 Å². The van der Waals surface area contributed by atoms with E-state index in [4.69, 9.17) is 5.11 Å². The Balaban J connectivity index is 3.27. The zero-order valence-corrected chi connectivity index (χ0v) is 19.4. The molecule has 0 saturated heterocycles. The van der Waals surface area contributed by atoms with Crippen molar-refractivity contribution in [3.8, 4) is 0 Å². The Morgan fingerprint density at radius 1 is 0.643 bits per heavy atom. The lowest BCUT2D eigenvalue weighted by Crippen LogP contribution is -2.29. The van der Waals surface area contributed by atoms with Crippen LogP contribution in [0.4, 0.5) is 0 Å². The molecule has 0 aliphatic carbocycles. The molecule has 1 atom stereocenters. The average Bonchev–Trinajstić information content (AvgIpc) is 2.66. The molecular formula is C23H46O4S. The summed E-state index contributed by atoms with van der Waals surface area (Å²) in [6.07, 6.45) is 22.8. The topological polar surface area (TPSA) is 71.4 Å². The zero-order chi connectivity index (χ0) is 21.1. The fourth-order valence-corrected chi connectivity index (χ4v) is 4.80. The van der Waals surface area contributed by atoms with Crippen molar-refractivity contribution in [2.24, 2.45) is 0 Å². The molecule has 1 unspecified atom stereocenters. The van der Waals surface area contributed by atoms with E-state index in [2.05, 4.69) is 6.92 Å². The van der Waals surface area contributed by atoms with Crippen LogP contribution in [0.2, 0.25) is 0 Å². The van der Waals surface area contributed by atoms with Crippen LogP contribution in [-0.4, -0.2) is 30.5 Å². The van der Waals surface area contributed by atoms with Crippen molar-refractivity contribution in [2.45, 2.75) is 135 Å². The molecule has 5 heteroatoms. The molecule has 0 saturated carbocycles. The highest BCUT2D eigenvalue weighted by molar-refractivity contribution is 7.92. The van der Waals surface area contributed by atoms with Crippen molar-refractivity contribution in [2.75, 3.05) is 5.75 Å². The van der Waals surface area contributed by atoms with Crippen molar-refractivity contribution in [3.63, 3.8) is 0 Å². The summed E-state index contributed by atoms with van der Waals surface area (Å²) < 4.78 is 23.5. The van der Waals surface area contributed by atoms with Gasteiger partial charge in [0.25, 0.3) is 0 Å². The van der Waals surface area contributed by atoms with Crippen molar-refractivity contribution < 1.29 is 18.3 Å². The van der Waals surface area contributed by atoms with Crippen LogP contribution in [0.25, 0.3) is 0 Å². The zero-order valence-electron chi connectivity index (χ0n) is 18.6. The van der Waals surface area contributed by atoms with Crippen molar-refractivity contribution >= 4 is 15.8 Å². The van der Waals surface area contributed by atoms with Crippen LogP contribution in [0.5, 0.6) is 0 Å². The maximum atomic E-state index is 11.8. The largest absolute Gasteiger partial charge is 0.480 e. The fraction of sp³-hybridized carbons (Fsp3) is 0.957. The van der Waals surface area contributed by atoms with E-state index in [0.29, 0.717) is 6.42 Å². The van der Waals surface area contributed by atoms with Crippen molar-refractivity contribution in [3.05, 3.63) is 0 Å². The minimum Gasteiger partial charge on any atom is -0.480 e. The standard InChI is InChI=1S/C23H46O4S/c1-3-4-5-6-7-8-9-10-11-12-13-14-15-16-17-18-19-20-21-28(26,27)22(2)23(24)25/h22H,3-21H2,1-2H3,(H,24,25). The molecule has 28 heavy (non-hydrogen) atoms. The van der Waals surface area contributed by atoms with Gasteiger partial charge in [0.05, 0.1) is 5.75 Å². The lowest BCUT2D eigenvalue weighted by Gasteiger charge is -2.08. The first-order valence-corrected chi connectivity index (χ1v) is 13.6. The number of unbranched alkanes of at least 4 members (excludes halogenated alkanes) is 17. The van der Waals surface area contributed by atoms with Crippen LogP contribution < -0.4 is 0 Å². The Morgan fingerprint density at radius 2 is 0.929 bits per heavy atom. The Bertz CT molecular complexity index is 459. The first kappa shape index (κ1) is 27.4. The lowest BCUT2D eigenvalue weighted by atomic mass is 10.0. The predicted molar refractivity (Wildman–Crippen MR) is 120 cm³/mol. The Kier molecular flexibility index (Phi) is 18.1. The third-order valence-electron chi connectivity index (χ3n) is 5.67. The van der Waals surface area contributed by atoms with Gasteiger partial charge in [-0.1, -0.05) is 116 Å². The molecule has 0 rings (SSSR count). The summed E-state index contributed by atoms with van der Waals surface area (Å²) in [6.45, 7) is 3.52. The molecule has 0 heterocycles. The van der Waals surface area contributed by atoms with Crippen LogP contribution in [0, 0.1) is 0 Å². The van der Waals surface area contributed by atoms with Gasteiger partial charge in [-0.3, -0.25) is 4.79 Å². The number of hydrogen-bond acceptors (Lipinski definition) is 3. The number of sulfone groups is 1. The number of hydrogen-bond donors (Lipinski definition) is 1. The number of carboxylic acids is 1. The summed E-state index contributed by atoms with van der Waals surface area (Å²) in [7, 11) is -3.48. The van der Waals surface area contributed by atoms with Crippen molar-refractivity contribution in [1.82, 2.24) is 0 Å². The molecule has 0 aromatic rings. The monoisotopic (exact) mass is 418 g/mol. The summed E-state index contributed by atoms with van der Waals surface area (Å²) in [5, 5.41) is 7.51. The normalized spacial score (nSPS) is 12.9. The third-order valence-corrected chi connectivity index (χ3v) is 7.81. The number of carbonyl (C=O) groups is 1. The van der Waals surface area contributed by atoms with Gasteiger partial charge < -0.3 is 5.11 Å². The van der Waals surface area contributed by atoms with E-state index in [0.717, 1.165) is 19.3 Å². The Hall–Kier alpha value is -0.580. The van der Waals surface area contributed by atoms with Crippen LogP contribution in [0.1, 0.15) is 129 Å². The summed E-state index contributed by atoms with van der Waals surface area (Å²) in [5.74, 6) is -1.25. The molecule has 168 valence electrons. The van der Waals surface area contributed by atoms with Gasteiger partial charge in [-0.15, -0.1) is 0 Å². The maximum Gasteiger partial charge on any atom is 0.321 e. The van der Waals surface area contributed by atoms with Gasteiger partial charge in [-0.25, -0.2) is 8.42 Å². The molecule has 0 aromatic heterocycles. The molecule has 0 aliphatic rings. The molecule has 0 bridgehead atoms. The summed E-state index contributed by atoms with van der Waals surface area (Å²) in [5.41, 5.74) is 0. The predicted octanol–water partition coefficient (Wildman–Crippen LogP) is 6.92. The molecule has 0 aromatic carbocycles. The summed E-state index contributed by atoms with van der Waals surface area (Å²) >= 11 is 0. The van der Waals surface area contributed by atoms with E-state index < -0.39 is 21.1 Å². The van der Waals surface area contributed by atoms with Gasteiger partial charge in [-0.05, 0) is 13.3 Å². The summed E-state index contributed by atoms with van der Waals surface area (Å²) in [6, 6.07) is 0.